The molecule has 32 heavy (non-hydrogen) atoms. The number of carboxylic acid groups (broad SMARTS) is 1. The zero-order chi connectivity index (χ0) is 23.7. The summed E-state index contributed by atoms with van der Waals surface area (Å²) in [4.78, 5) is 23.7. The van der Waals surface area contributed by atoms with Crippen molar-refractivity contribution in [3.05, 3.63) is 47.2 Å². The monoisotopic (exact) mass is 454 g/mol. The van der Waals surface area contributed by atoms with Crippen LogP contribution in [0.1, 0.15) is 36.0 Å². The molecule has 8 heteroatoms. The van der Waals surface area contributed by atoms with Crippen molar-refractivity contribution in [3.63, 3.8) is 0 Å². The predicted molar refractivity (Wildman–Crippen MR) is 111 cm³/mol. The molecule has 5 atom stereocenters. The molecule has 0 amide bonds. The van der Waals surface area contributed by atoms with E-state index < -0.39 is 41.3 Å². The highest BCUT2D eigenvalue weighted by Crippen LogP contribution is 2.68. The summed E-state index contributed by atoms with van der Waals surface area (Å²) in [7, 11) is 1.22. The van der Waals surface area contributed by atoms with Gasteiger partial charge in [-0.05, 0) is 61.8 Å². The van der Waals surface area contributed by atoms with Crippen molar-refractivity contribution < 1.29 is 37.3 Å². The number of alkyl halides is 3. The van der Waals surface area contributed by atoms with Crippen LogP contribution in [-0.2, 0) is 25.5 Å². The Morgan fingerprint density at radius 3 is 2.59 bits per heavy atom. The predicted octanol–water partition coefficient (Wildman–Crippen LogP) is 4.64. The molecule has 1 aromatic rings. The molecule has 1 N–H and O–H groups in total. The molecule has 0 aliphatic heterocycles. The van der Waals surface area contributed by atoms with E-state index in [0.717, 1.165) is 16.7 Å². The average Bonchev–Trinajstić information content (AvgIpc) is 3.35. The quantitative estimate of drug-likeness (QED) is 0.435. The number of carboxylic acids is 1. The Labute approximate surface area is 185 Å². The molecule has 1 spiro atoms. The molecular weight excluding hydrogens is 425 g/mol. The van der Waals surface area contributed by atoms with Gasteiger partial charge >= 0.3 is 12.1 Å². The second kappa shape index (κ2) is 9.25. The Kier molecular flexibility index (Phi) is 7.03. The highest BCUT2D eigenvalue weighted by molar-refractivity contribution is 5.94. The molecule has 2 unspecified atom stereocenters. The second-order valence-corrected chi connectivity index (χ2v) is 8.88. The number of aliphatic carboxylic acids is 1. The molecule has 5 nitrogen and oxygen atoms in total. The van der Waals surface area contributed by atoms with E-state index in [1.807, 2.05) is 32.0 Å². The number of benzene rings is 1. The molecular formula is C24H29F3O5. The van der Waals surface area contributed by atoms with Crippen molar-refractivity contribution in [1.29, 1.82) is 0 Å². The summed E-state index contributed by atoms with van der Waals surface area (Å²) in [6, 6.07) is 5.98. The zero-order valence-corrected chi connectivity index (χ0v) is 18.4. The van der Waals surface area contributed by atoms with Crippen molar-refractivity contribution in [2.75, 3.05) is 13.7 Å². The maximum Gasteiger partial charge on any atom is 0.401 e. The molecule has 176 valence electrons. The lowest BCUT2D eigenvalue weighted by Crippen LogP contribution is -2.37. The van der Waals surface area contributed by atoms with Gasteiger partial charge in [0, 0.05) is 18.4 Å². The van der Waals surface area contributed by atoms with Gasteiger partial charge in [-0.3, -0.25) is 9.59 Å². The summed E-state index contributed by atoms with van der Waals surface area (Å²) in [6.07, 6.45) is -2.09. The minimum Gasteiger partial charge on any atom is -0.501 e. The van der Waals surface area contributed by atoms with Crippen LogP contribution in [0.3, 0.4) is 0 Å². The van der Waals surface area contributed by atoms with Gasteiger partial charge < -0.3 is 14.6 Å². The van der Waals surface area contributed by atoms with Crippen LogP contribution in [0.25, 0.3) is 0 Å². The third kappa shape index (κ3) is 4.70. The molecule has 0 saturated heterocycles. The van der Waals surface area contributed by atoms with Gasteiger partial charge in [-0.15, -0.1) is 0 Å². The summed E-state index contributed by atoms with van der Waals surface area (Å²) >= 11 is 0. The Balaban J connectivity index is 1.80. The summed E-state index contributed by atoms with van der Waals surface area (Å²) in [5.74, 6) is -4.70. The fraction of sp³-hybridized carbons (Fsp3) is 0.583. The molecule has 0 bridgehead atoms. The number of allylic oxidation sites excluding steroid dienone is 1. The van der Waals surface area contributed by atoms with Crippen LogP contribution in [0.2, 0.25) is 0 Å². The van der Waals surface area contributed by atoms with Crippen LogP contribution in [0.4, 0.5) is 13.2 Å². The average molecular weight is 454 g/mol. The Bertz CT molecular complexity index is 894. The highest BCUT2D eigenvalue weighted by atomic mass is 19.4. The zero-order valence-electron chi connectivity index (χ0n) is 18.4. The number of ether oxygens (including phenoxy) is 2. The van der Waals surface area contributed by atoms with Gasteiger partial charge in [0.25, 0.3) is 0 Å². The SMILES string of the molecule is COC1C(C(F)(F)F)C(=O)[C@]2(C[C@@H]2Cc2ccc(C)c(C)c2)[C@H]1C/C=C\OCCC(=O)O. The second-order valence-electron chi connectivity index (χ2n) is 8.88. The number of rotatable bonds is 9. The smallest absolute Gasteiger partial charge is 0.401 e. The van der Waals surface area contributed by atoms with Crippen molar-refractivity contribution in [2.24, 2.45) is 23.2 Å². The van der Waals surface area contributed by atoms with E-state index in [1.165, 1.54) is 13.4 Å². The first-order valence-electron chi connectivity index (χ1n) is 10.7. The standard InChI is InChI=1S/C24H29F3O5/c1-14-6-7-16(11-15(14)2)12-17-13-23(17)18(5-4-9-32-10-8-19(28)29)21(31-3)20(22(23)30)24(25,26)27/h4,6-7,9,11,17-18,20-21H,5,8,10,12-13H2,1-3H3,(H,28,29)/b9-4-/t17-,18-,20?,21?,23-/m0/s1. The maximum atomic E-state index is 13.8. The summed E-state index contributed by atoms with van der Waals surface area (Å²) < 4.78 is 51.8. The third-order valence-electron chi connectivity index (χ3n) is 6.98. The third-order valence-corrected chi connectivity index (χ3v) is 6.98. The Morgan fingerprint density at radius 2 is 2.00 bits per heavy atom. The van der Waals surface area contributed by atoms with Gasteiger partial charge in [0.05, 0.1) is 25.4 Å². The summed E-state index contributed by atoms with van der Waals surface area (Å²) in [5.41, 5.74) is 2.19. The Morgan fingerprint density at radius 1 is 1.28 bits per heavy atom. The van der Waals surface area contributed by atoms with Gasteiger partial charge in [0.1, 0.15) is 5.92 Å². The molecule has 0 heterocycles. The molecule has 2 saturated carbocycles. The van der Waals surface area contributed by atoms with Gasteiger partial charge in [0.2, 0.25) is 0 Å². The van der Waals surface area contributed by atoms with E-state index in [-0.39, 0.29) is 25.4 Å². The minimum atomic E-state index is -4.67. The normalized spacial score (nSPS) is 29.8. The molecule has 3 rings (SSSR count). The number of aryl methyl sites for hydroxylation is 2. The number of methoxy groups -OCH3 is 1. The number of Topliss-reactive ketones (excluding diaryl/α,β-unsaturated/α-hetero) is 1. The molecule has 2 aliphatic carbocycles. The van der Waals surface area contributed by atoms with Gasteiger partial charge in [-0.2, -0.15) is 13.2 Å². The van der Waals surface area contributed by atoms with Crippen molar-refractivity contribution in [3.8, 4) is 0 Å². The van der Waals surface area contributed by atoms with Crippen LogP contribution in [0, 0.1) is 37.0 Å². The van der Waals surface area contributed by atoms with Crippen LogP contribution >= 0.6 is 0 Å². The van der Waals surface area contributed by atoms with Crippen LogP contribution in [0.5, 0.6) is 0 Å². The van der Waals surface area contributed by atoms with Crippen molar-refractivity contribution in [2.45, 2.75) is 51.8 Å². The topological polar surface area (TPSA) is 72.8 Å². The first-order valence-corrected chi connectivity index (χ1v) is 10.7. The molecule has 1 aromatic carbocycles. The first-order chi connectivity index (χ1) is 15.0. The van der Waals surface area contributed by atoms with Crippen molar-refractivity contribution >= 4 is 11.8 Å². The number of carbonyl (C=O) groups excluding carboxylic acids is 1. The van der Waals surface area contributed by atoms with Crippen molar-refractivity contribution in [1.82, 2.24) is 0 Å². The van der Waals surface area contributed by atoms with E-state index in [0.29, 0.717) is 12.8 Å². The number of ketones is 1. The first kappa shape index (κ1) is 24.3. The van der Waals surface area contributed by atoms with Gasteiger partial charge in [0.15, 0.2) is 5.78 Å². The number of hydrogen-bond donors (Lipinski definition) is 1. The maximum absolute atomic E-state index is 13.8. The lowest BCUT2D eigenvalue weighted by atomic mass is 9.84. The molecule has 2 fully saturated rings. The number of carbonyl (C=O) groups is 2. The lowest BCUT2D eigenvalue weighted by Gasteiger charge is -2.25. The van der Waals surface area contributed by atoms with E-state index in [2.05, 4.69) is 0 Å². The fourth-order valence-corrected chi connectivity index (χ4v) is 5.19. The fourth-order valence-electron chi connectivity index (χ4n) is 5.19. The van der Waals surface area contributed by atoms with Crippen LogP contribution in [-0.4, -0.2) is 42.9 Å². The minimum absolute atomic E-state index is 0.0329. The van der Waals surface area contributed by atoms with Crippen LogP contribution in [0.15, 0.2) is 30.5 Å². The summed E-state index contributed by atoms with van der Waals surface area (Å²) in [5, 5.41) is 8.64. The van der Waals surface area contributed by atoms with Crippen LogP contribution < -0.4 is 0 Å². The Hall–Kier alpha value is -2.35. The highest BCUT2D eigenvalue weighted by Gasteiger charge is 2.75. The lowest BCUT2D eigenvalue weighted by molar-refractivity contribution is -0.199. The van der Waals surface area contributed by atoms with Gasteiger partial charge in [-0.25, -0.2) is 0 Å². The van der Waals surface area contributed by atoms with E-state index in [4.69, 9.17) is 14.6 Å². The summed E-state index contributed by atoms with van der Waals surface area (Å²) in [6.45, 7) is 3.95. The van der Waals surface area contributed by atoms with Gasteiger partial charge in [-0.1, -0.05) is 18.2 Å². The largest absolute Gasteiger partial charge is 0.501 e. The molecule has 2 aliphatic rings. The molecule has 0 aromatic heterocycles. The van der Waals surface area contributed by atoms with E-state index >= 15 is 0 Å². The van der Waals surface area contributed by atoms with E-state index in [1.54, 1.807) is 6.08 Å². The van der Waals surface area contributed by atoms with E-state index in [9.17, 15) is 22.8 Å². The number of hydrogen-bond acceptors (Lipinski definition) is 4. The molecule has 0 radical (unpaired) electrons. The number of halogens is 3.